The smallest absolute Gasteiger partial charge is 0.204 e. The molecule has 30 heavy (non-hydrogen) atoms. The fourth-order valence-electron chi connectivity index (χ4n) is 4.78. The Hall–Kier alpha value is -2.96. The number of ether oxygens (including phenoxy) is 1. The largest absolute Gasteiger partial charge is 0.497 e. The highest BCUT2D eigenvalue weighted by atomic mass is 35.5. The van der Waals surface area contributed by atoms with Gasteiger partial charge in [0.1, 0.15) is 11.8 Å². The maximum absolute atomic E-state index is 13.5. The van der Waals surface area contributed by atoms with Gasteiger partial charge >= 0.3 is 0 Å². The van der Waals surface area contributed by atoms with Crippen LogP contribution >= 0.6 is 11.6 Å². The van der Waals surface area contributed by atoms with Gasteiger partial charge in [0.05, 0.1) is 12.8 Å². The predicted molar refractivity (Wildman–Crippen MR) is 113 cm³/mol. The van der Waals surface area contributed by atoms with Crippen LogP contribution in [0.4, 0.5) is 0 Å². The van der Waals surface area contributed by atoms with Crippen molar-refractivity contribution in [3.05, 3.63) is 70.2 Å². The molecule has 6 nitrogen and oxygen atoms in total. The molecule has 1 saturated heterocycles. The molecule has 7 heteroatoms. The number of hydrogen-bond acceptors (Lipinski definition) is 5. The minimum absolute atomic E-state index is 0.0176. The lowest BCUT2D eigenvalue weighted by Crippen LogP contribution is -2.28. The fourth-order valence-corrected chi connectivity index (χ4v) is 4.91. The number of aromatic hydroxyl groups is 2. The van der Waals surface area contributed by atoms with Gasteiger partial charge in [-0.2, -0.15) is 0 Å². The second-order valence-electron chi connectivity index (χ2n) is 7.68. The molecule has 0 radical (unpaired) electrons. The number of methoxy groups -OCH3 is 1. The SMILES string of the molecule is COc1ccc(-n2c(O)c3c(c2O)C(C(=O)c2ccc(Cl)cc2)N2CCCC32)cc1. The Morgan fingerprint density at radius 3 is 2.37 bits per heavy atom. The van der Waals surface area contributed by atoms with Gasteiger partial charge in [0.2, 0.25) is 11.8 Å². The molecule has 154 valence electrons. The molecule has 2 unspecified atom stereocenters. The molecule has 0 saturated carbocycles. The third-order valence-corrected chi connectivity index (χ3v) is 6.39. The molecular weight excluding hydrogens is 404 g/mol. The first-order valence-corrected chi connectivity index (χ1v) is 10.3. The zero-order chi connectivity index (χ0) is 21.0. The van der Waals surface area contributed by atoms with Gasteiger partial charge in [-0.05, 0) is 67.9 Å². The van der Waals surface area contributed by atoms with Crippen molar-refractivity contribution in [2.45, 2.75) is 24.9 Å². The van der Waals surface area contributed by atoms with E-state index in [0.29, 0.717) is 33.1 Å². The molecule has 0 aliphatic carbocycles. The first-order chi connectivity index (χ1) is 14.5. The van der Waals surface area contributed by atoms with Crippen LogP contribution < -0.4 is 4.74 Å². The monoisotopic (exact) mass is 424 g/mol. The van der Waals surface area contributed by atoms with E-state index in [0.717, 1.165) is 19.4 Å². The normalized spacial score (nSPS) is 20.2. The van der Waals surface area contributed by atoms with E-state index in [2.05, 4.69) is 4.90 Å². The summed E-state index contributed by atoms with van der Waals surface area (Å²) in [4.78, 5) is 15.5. The van der Waals surface area contributed by atoms with Crippen LogP contribution in [0.1, 0.15) is 46.4 Å². The topological polar surface area (TPSA) is 74.9 Å². The van der Waals surface area contributed by atoms with E-state index in [1.165, 1.54) is 4.57 Å². The average Bonchev–Trinajstić information content (AvgIpc) is 3.40. The van der Waals surface area contributed by atoms with Gasteiger partial charge < -0.3 is 14.9 Å². The highest BCUT2D eigenvalue weighted by molar-refractivity contribution is 6.30. The highest BCUT2D eigenvalue weighted by Crippen LogP contribution is 2.57. The van der Waals surface area contributed by atoms with E-state index in [1.807, 2.05) is 0 Å². The predicted octanol–water partition coefficient (Wildman–Crippen LogP) is 4.63. The Balaban J connectivity index is 1.64. The zero-order valence-electron chi connectivity index (χ0n) is 16.4. The Kier molecular flexibility index (Phi) is 4.49. The minimum atomic E-state index is -0.640. The zero-order valence-corrected chi connectivity index (χ0v) is 17.1. The first kappa shape index (κ1) is 19.0. The molecule has 3 heterocycles. The molecule has 3 aromatic rings. The van der Waals surface area contributed by atoms with Crippen molar-refractivity contribution in [2.75, 3.05) is 13.7 Å². The van der Waals surface area contributed by atoms with E-state index in [1.54, 1.807) is 55.6 Å². The number of Topliss-reactive ketones (excluding diaryl/α,β-unsaturated/α-hetero) is 1. The molecule has 1 aromatic heterocycles. The third kappa shape index (κ3) is 2.71. The summed E-state index contributed by atoms with van der Waals surface area (Å²) in [6.07, 6.45) is 1.76. The standard InChI is InChI=1S/C23H21ClN2O4/c1-30-16-10-8-15(9-11-16)26-22(28)18-17-3-2-12-25(17)20(19(18)23(26)29)21(27)13-4-6-14(24)7-5-13/h4-11,17,20,28-29H,2-3,12H2,1H3. The van der Waals surface area contributed by atoms with Crippen LogP contribution in [0.2, 0.25) is 5.02 Å². The van der Waals surface area contributed by atoms with Crippen molar-refractivity contribution in [3.8, 4) is 23.2 Å². The molecule has 5 rings (SSSR count). The van der Waals surface area contributed by atoms with Gasteiger partial charge in [-0.15, -0.1) is 0 Å². The van der Waals surface area contributed by atoms with Crippen LogP contribution in [-0.2, 0) is 0 Å². The van der Waals surface area contributed by atoms with E-state index in [4.69, 9.17) is 16.3 Å². The number of ketones is 1. The summed E-state index contributed by atoms with van der Waals surface area (Å²) in [5.41, 5.74) is 2.27. The van der Waals surface area contributed by atoms with Crippen LogP contribution in [0.3, 0.4) is 0 Å². The van der Waals surface area contributed by atoms with Gasteiger partial charge in [0.15, 0.2) is 5.78 Å². The van der Waals surface area contributed by atoms with Gasteiger partial charge in [0, 0.05) is 27.8 Å². The van der Waals surface area contributed by atoms with Crippen LogP contribution in [-0.4, -0.2) is 39.1 Å². The summed E-state index contributed by atoms with van der Waals surface area (Å²) >= 11 is 5.98. The van der Waals surface area contributed by atoms with Crippen LogP contribution in [0.5, 0.6) is 17.5 Å². The van der Waals surface area contributed by atoms with Crippen molar-refractivity contribution in [1.29, 1.82) is 0 Å². The van der Waals surface area contributed by atoms with Gasteiger partial charge in [-0.3, -0.25) is 14.3 Å². The summed E-state index contributed by atoms with van der Waals surface area (Å²) < 4.78 is 6.60. The van der Waals surface area contributed by atoms with E-state index in [9.17, 15) is 15.0 Å². The number of benzene rings is 2. The Bertz CT molecular complexity index is 1120. The van der Waals surface area contributed by atoms with Crippen molar-refractivity contribution < 1.29 is 19.7 Å². The van der Waals surface area contributed by atoms with Crippen molar-refractivity contribution >= 4 is 17.4 Å². The highest BCUT2D eigenvalue weighted by Gasteiger charge is 2.50. The molecule has 2 aliphatic heterocycles. The molecule has 2 aliphatic rings. The second kappa shape index (κ2) is 7.07. The summed E-state index contributed by atoms with van der Waals surface area (Å²) in [7, 11) is 1.58. The summed E-state index contributed by atoms with van der Waals surface area (Å²) in [6, 6.07) is 13.1. The Morgan fingerprint density at radius 2 is 1.70 bits per heavy atom. The number of halogens is 1. The molecule has 2 N–H and O–H groups in total. The molecule has 2 atom stereocenters. The first-order valence-electron chi connectivity index (χ1n) is 9.87. The van der Waals surface area contributed by atoms with Crippen LogP contribution in [0.25, 0.3) is 5.69 Å². The van der Waals surface area contributed by atoms with E-state index < -0.39 is 6.04 Å². The number of fused-ring (bicyclic) bond motifs is 3. The van der Waals surface area contributed by atoms with Crippen molar-refractivity contribution in [3.63, 3.8) is 0 Å². The van der Waals surface area contributed by atoms with Crippen molar-refractivity contribution in [1.82, 2.24) is 9.47 Å². The number of rotatable bonds is 4. The van der Waals surface area contributed by atoms with Crippen LogP contribution in [0.15, 0.2) is 48.5 Å². The molecule has 2 aromatic carbocycles. The number of carbonyl (C=O) groups is 1. The number of aromatic nitrogens is 1. The van der Waals surface area contributed by atoms with E-state index in [-0.39, 0.29) is 23.6 Å². The number of hydrogen-bond donors (Lipinski definition) is 2. The molecular formula is C23H21ClN2O4. The van der Waals surface area contributed by atoms with Gasteiger partial charge in [-0.1, -0.05) is 11.6 Å². The average molecular weight is 425 g/mol. The molecule has 0 spiro atoms. The van der Waals surface area contributed by atoms with Gasteiger partial charge in [-0.25, -0.2) is 0 Å². The van der Waals surface area contributed by atoms with E-state index >= 15 is 0 Å². The Labute approximate surface area is 178 Å². The minimum Gasteiger partial charge on any atom is -0.497 e. The van der Waals surface area contributed by atoms with Gasteiger partial charge in [0.25, 0.3) is 0 Å². The number of nitrogens with zero attached hydrogens (tertiary/aromatic N) is 2. The molecule has 1 fully saturated rings. The lowest BCUT2D eigenvalue weighted by Gasteiger charge is -2.24. The maximum Gasteiger partial charge on any atom is 0.204 e. The third-order valence-electron chi connectivity index (χ3n) is 6.14. The molecule has 0 amide bonds. The fraction of sp³-hybridized carbons (Fsp3) is 0.261. The quantitative estimate of drug-likeness (QED) is 0.597. The summed E-state index contributed by atoms with van der Waals surface area (Å²) in [6.45, 7) is 0.741. The number of carbonyl (C=O) groups excluding carboxylic acids is 1. The Morgan fingerprint density at radius 1 is 1.03 bits per heavy atom. The van der Waals surface area contributed by atoms with Crippen LogP contribution in [0, 0.1) is 0 Å². The maximum atomic E-state index is 13.5. The molecule has 0 bridgehead atoms. The lowest BCUT2D eigenvalue weighted by atomic mass is 9.97. The summed E-state index contributed by atoms with van der Waals surface area (Å²) in [5, 5.41) is 22.8. The second-order valence-corrected chi connectivity index (χ2v) is 8.11. The van der Waals surface area contributed by atoms with Crippen molar-refractivity contribution in [2.24, 2.45) is 0 Å². The lowest BCUT2D eigenvalue weighted by molar-refractivity contribution is 0.0828. The summed E-state index contributed by atoms with van der Waals surface area (Å²) in [5.74, 6) is 0.444.